The van der Waals surface area contributed by atoms with Crippen LogP contribution < -0.4 is 10.6 Å². The van der Waals surface area contributed by atoms with Gasteiger partial charge in [-0.05, 0) is 63.8 Å². The monoisotopic (exact) mass is 518 g/mol. The molecule has 3 heterocycles. The molecule has 0 unspecified atom stereocenters. The molecule has 0 saturated carbocycles. The van der Waals surface area contributed by atoms with Crippen LogP contribution in [0, 0.1) is 20.8 Å². The van der Waals surface area contributed by atoms with Crippen molar-refractivity contribution in [3.05, 3.63) is 75.7 Å². The molecule has 192 valence electrons. The number of nitrogens with zero attached hydrogens (tertiary/aromatic N) is 6. The van der Waals surface area contributed by atoms with Gasteiger partial charge in [0.1, 0.15) is 11.6 Å². The lowest BCUT2D eigenvalue weighted by Crippen LogP contribution is -2.20. The van der Waals surface area contributed by atoms with E-state index in [1.807, 2.05) is 57.2 Å². The highest BCUT2D eigenvalue weighted by Gasteiger charge is 2.11. The Morgan fingerprint density at radius 3 is 2.46 bits per heavy atom. The minimum atomic E-state index is -0.178. The van der Waals surface area contributed by atoms with Gasteiger partial charge in [-0.2, -0.15) is 10.2 Å². The molecule has 0 aliphatic rings. The van der Waals surface area contributed by atoms with Gasteiger partial charge in [0, 0.05) is 12.1 Å². The SMILES string of the molecule is Cc1cccc(CC(=O)Nc2ccc(CCCCc3nnc(NC(=O)Cn4nc(C)cc4C)s3)nn2)c1. The van der Waals surface area contributed by atoms with Gasteiger partial charge in [0.2, 0.25) is 16.9 Å². The molecule has 1 aromatic carbocycles. The summed E-state index contributed by atoms with van der Waals surface area (Å²) in [6.45, 7) is 5.96. The normalized spacial score (nSPS) is 10.9. The molecule has 2 N–H and O–H groups in total. The highest BCUT2D eigenvalue weighted by molar-refractivity contribution is 7.15. The fraction of sp³-hybridized carbons (Fsp3) is 0.346. The zero-order chi connectivity index (χ0) is 26.2. The minimum absolute atomic E-state index is 0.119. The van der Waals surface area contributed by atoms with Crippen molar-refractivity contribution >= 4 is 34.1 Å². The number of carbonyl (C=O) groups excluding carboxylic acids is 2. The molecule has 0 saturated heterocycles. The molecular formula is C26H30N8O2S. The van der Waals surface area contributed by atoms with Crippen LogP contribution in [-0.2, 0) is 35.4 Å². The van der Waals surface area contributed by atoms with Gasteiger partial charge in [-0.3, -0.25) is 19.6 Å². The van der Waals surface area contributed by atoms with E-state index in [-0.39, 0.29) is 18.4 Å². The molecule has 0 aliphatic heterocycles. The molecule has 0 bridgehead atoms. The van der Waals surface area contributed by atoms with Crippen molar-refractivity contribution in [1.29, 1.82) is 0 Å². The van der Waals surface area contributed by atoms with E-state index in [0.29, 0.717) is 17.4 Å². The Bertz CT molecular complexity index is 1360. The summed E-state index contributed by atoms with van der Waals surface area (Å²) in [4.78, 5) is 24.5. The van der Waals surface area contributed by atoms with Crippen molar-refractivity contribution in [2.45, 2.75) is 59.4 Å². The first-order valence-corrected chi connectivity index (χ1v) is 13.0. The third-order valence-electron chi connectivity index (χ3n) is 5.62. The quantitative estimate of drug-likeness (QED) is 0.289. The first kappa shape index (κ1) is 26.1. The fourth-order valence-electron chi connectivity index (χ4n) is 3.87. The first-order chi connectivity index (χ1) is 17.8. The summed E-state index contributed by atoms with van der Waals surface area (Å²) in [7, 11) is 0. The van der Waals surface area contributed by atoms with E-state index in [4.69, 9.17) is 0 Å². The molecule has 4 rings (SSSR count). The second-order valence-electron chi connectivity index (χ2n) is 8.96. The van der Waals surface area contributed by atoms with Crippen molar-refractivity contribution in [3.8, 4) is 0 Å². The fourth-order valence-corrected chi connectivity index (χ4v) is 4.67. The molecule has 3 aromatic heterocycles. The van der Waals surface area contributed by atoms with Crippen molar-refractivity contribution in [2.24, 2.45) is 0 Å². The Morgan fingerprint density at radius 1 is 0.892 bits per heavy atom. The molecule has 0 atom stereocenters. The smallest absolute Gasteiger partial charge is 0.247 e. The number of benzene rings is 1. The third-order valence-corrected chi connectivity index (χ3v) is 6.52. The Kier molecular flexibility index (Phi) is 8.68. The molecule has 0 fully saturated rings. The molecule has 10 nitrogen and oxygen atoms in total. The Hall–Kier alpha value is -3.99. The third kappa shape index (κ3) is 8.01. The van der Waals surface area contributed by atoms with Crippen LogP contribution in [0.25, 0.3) is 0 Å². The lowest BCUT2D eigenvalue weighted by atomic mass is 10.1. The number of aryl methyl sites for hydroxylation is 5. The molecule has 11 heteroatoms. The number of aromatic nitrogens is 6. The lowest BCUT2D eigenvalue weighted by Gasteiger charge is -2.06. The average molecular weight is 519 g/mol. The van der Waals surface area contributed by atoms with E-state index in [0.717, 1.165) is 58.9 Å². The average Bonchev–Trinajstić information content (AvgIpc) is 3.42. The van der Waals surface area contributed by atoms with Gasteiger partial charge in [-0.15, -0.1) is 15.3 Å². The Morgan fingerprint density at radius 2 is 1.73 bits per heavy atom. The zero-order valence-corrected chi connectivity index (χ0v) is 22.0. The summed E-state index contributed by atoms with van der Waals surface area (Å²) in [6, 6.07) is 13.5. The summed E-state index contributed by atoms with van der Waals surface area (Å²) < 4.78 is 1.67. The first-order valence-electron chi connectivity index (χ1n) is 12.2. The number of carbonyl (C=O) groups is 2. The van der Waals surface area contributed by atoms with Gasteiger partial charge in [-0.1, -0.05) is 41.2 Å². The van der Waals surface area contributed by atoms with Crippen LogP contribution in [0.2, 0.25) is 0 Å². The standard InChI is InChI=1S/C26H30N8O2S/c1-17-7-6-8-20(13-17)15-23(35)27-22-12-11-21(29-30-22)9-4-5-10-25-31-32-26(37-25)28-24(36)16-34-19(3)14-18(2)33-34/h6-8,11-14H,4-5,9-10,15-16H2,1-3H3,(H,27,30,35)(H,28,32,36). The number of nitrogens with one attached hydrogen (secondary N) is 2. The van der Waals surface area contributed by atoms with Gasteiger partial charge in [0.05, 0.1) is 17.8 Å². The highest BCUT2D eigenvalue weighted by atomic mass is 32.1. The molecule has 0 radical (unpaired) electrons. The number of rotatable bonds is 11. The molecule has 2 amide bonds. The number of hydrogen-bond acceptors (Lipinski definition) is 8. The summed E-state index contributed by atoms with van der Waals surface area (Å²) in [5, 5.41) is 27.9. The van der Waals surface area contributed by atoms with E-state index in [9.17, 15) is 9.59 Å². The lowest BCUT2D eigenvalue weighted by molar-refractivity contribution is -0.117. The van der Waals surface area contributed by atoms with Gasteiger partial charge < -0.3 is 5.32 Å². The molecule has 4 aromatic rings. The largest absolute Gasteiger partial charge is 0.309 e. The number of anilines is 2. The predicted octanol–water partition coefficient (Wildman–Crippen LogP) is 3.84. The summed E-state index contributed by atoms with van der Waals surface area (Å²) in [6.07, 6.45) is 3.66. The summed E-state index contributed by atoms with van der Waals surface area (Å²) in [5.74, 6) is 0.150. The number of hydrogen-bond donors (Lipinski definition) is 2. The van der Waals surface area contributed by atoms with E-state index in [1.54, 1.807) is 10.7 Å². The van der Waals surface area contributed by atoms with Crippen LogP contribution in [0.5, 0.6) is 0 Å². The van der Waals surface area contributed by atoms with Crippen molar-refractivity contribution in [1.82, 2.24) is 30.2 Å². The van der Waals surface area contributed by atoms with Crippen LogP contribution in [0.15, 0.2) is 42.5 Å². The van der Waals surface area contributed by atoms with Gasteiger partial charge in [0.25, 0.3) is 0 Å². The van der Waals surface area contributed by atoms with Gasteiger partial charge in [-0.25, -0.2) is 0 Å². The maximum Gasteiger partial charge on any atom is 0.247 e. The molecular weight excluding hydrogens is 488 g/mol. The van der Waals surface area contributed by atoms with E-state index in [1.165, 1.54) is 11.3 Å². The van der Waals surface area contributed by atoms with Crippen molar-refractivity contribution in [2.75, 3.05) is 10.6 Å². The van der Waals surface area contributed by atoms with E-state index in [2.05, 4.69) is 36.1 Å². The van der Waals surface area contributed by atoms with Crippen LogP contribution in [-0.4, -0.2) is 42.0 Å². The van der Waals surface area contributed by atoms with Crippen LogP contribution >= 0.6 is 11.3 Å². The molecule has 0 aliphatic carbocycles. The number of amides is 2. The minimum Gasteiger partial charge on any atom is -0.309 e. The van der Waals surface area contributed by atoms with Crippen LogP contribution in [0.3, 0.4) is 0 Å². The maximum atomic E-state index is 12.3. The molecule has 0 spiro atoms. The van der Waals surface area contributed by atoms with Crippen molar-refractivity contribution < 1.29 is 9.59 Å². The predicted molar refractivity (Wildman–Crippen MR) is 142 cm³/mol. The Balaban J connectivity index is 1.15. The van der Waals surface area contributed by atoms with Crippen LogP contribution in [0.1, 0.15) is 46.1 Å². The Labute approximate surface area is 219 Å². The molecule has 37 heavy (non-hydrogen) atoms. The zero-order valence-electron chi connectivity index (χ0n) is 21.2. The summed E-state index contributed by atoms with van der Waals surface area (Å²) in [5.41, 5.74) is 4.77. The topological polar surface area (TPSA) is 128 Å². The van der Waals surface area contributed by atoms with Crippen LogP contribution in [0.4, 0.5) is 10.9 Å². The highest BCUT2D eigenvalue weighted by Crippen LogP contribution is 2.18. The van der Waals surface area contributed by atoms with Gasteiger partial charge in [0.15, 0.2) is 5.82 Å². The maximum absolute atomic E-state index is 12.3. The van der Waals surface area contributed by atoms with Crippen molar-refractivity contribution in [3.63, 3.8) is 0 Å². The van der Waals surface area contributed by atoms with Gasteiger partial charge >= 0.3 is 0 Å². The van der Waals surface area contributed by atoms with E-state index >= 15 is 0 Å². The summed E-state index contributed by atoms with van der Waals surface area (Å²) >= 11 is 1.38. The second-order valence-corrected chi connectivity index (χ2v) is 10.0. The second kappa shape index (κ2) is 12.3. The van der Waals surface area contributed by atoms with E-state index < -0.39 is 0 Å². The number of unbranched alkanes of at least 4 members (excludes halogenated alkanes) is 1.